The number of hydrogen-bond acceptors (Lipinski definition) is 5. The van der Waals surface area contributed by atoms with Gasteiger partial charge in [0, 0.05) is 31.2 Å². The Bertz CT molecular complexity index is 1240. The van der Waals surface area contributed by atoms with E-state index in [1.54, 1.807) is 41.7 Å². The highest BCUT2D eigenvalue weighted by molar-refractivity contribution is 7.89. The number of aryl methyl sites for hydroxylation is 1. The lowest BCUT2D eigenvalue weighted by molar-refractivity contribution is -0.133. The van der Waals surface area contributed by atoms with Crippen molar-refractivity contribution in [2.45, 2.75) is 37.6 Å². The Balaban J connectivity index is 1.63. The Hall–Kier alpha value is -2.52. The molecule has 1 aliphatic heterocycles. The van der Waals surface area contributed by atoms with Crippen molar-refractivity contribution in [3.63, 3.8) is 0 Å². The lowest BCUT2D eigenvalue weighted by atomic mass is 9.90. The van der Waals surface area contributed by atoms with Crippen LogP contribution >= 0.6 is 11.3 Å². The standard InChI is InChI=1S/C27H32N2O4S2/c1-3-33-18-9-16-28(35(31,32)22-11-5-4-6-12-22)20-26(30)29-17-14-25-24(15-19-34-25)27(29)23-13-8-7-10-21(23)2/h4-8,10-13,15,19,27H,3,9,14,16-18,20H2,1-2H3. The highest BCUT2D eigenvalue weighted by atomic mass is 32.2. The van der Waals surface area contributed by atoms with E-state index in [0.29, 0.717) is 26.2 Å². The summed E-state index contributed by atoms with van der Waals surface area (Å²) in [7, 11) is -3.83. The van der Waals surface area contributed by atoms with Crippen LogP contribution in [0.25, 0.3) is 0 Å². The zero-order valence-electron chi connectivity index (χ0n) is 20.2. The summed E-state index contributed by atoms with van der Waals surface area (Å²) in [6.07, 6.45) is 1.29. The summed E-state index contributed by atoms with van der Waals surface area (Å²) in [6.45, 7) is 5.55. The first kappa shape index (κ1) is 25.6. The molecule has 0 fully saturated rings. The fourth-order valence-corrected chi connectivity index (χ4v) is 6.92. The third-order valence-electron chi connectivity index (χ3n) is 6.36. The normalized spacial score (nSPS) is 15.9. The monoisotopic (exact) mass is 512 g/mol. The van der Waals surface area contributed by atoms with Crippen molar-refractivity contribution in [3.8, 4) is 0 Å². The minimum atomic E-state index is -3.83. The summed E-state index contributed by atoms with van der Waals surface area (Å²) in [4.78, 5) is 17.1. The van der Waals surface area contributed by atoms with Gasteiger partial charge in [-0.1, -0.05) is 42.5 Å². The summed E-state index contributed by atoms with van der Waals surface area (Å²) in [5.74, 6) is -0.189. The van der Waals surface area contributed by atoms with E-state index in [1.807, 2.05) is 24.0 Å². The van der Waals surface area contributed by atoms with Crippen LogP contribution < -0.4 is 0 Å². The molecular weight excluding hydrogens is 480 g/mol. The smallest absolute Gasteiger partial charge is 0.243 e. The first-order chi connectivity index (χ1) is 16.9. The molecule has 186 valence electrons. The molecule has 0 bridgehead atoms. The molecule has 1 amide bonds. The number of fused-ring (bicyclic) bond motifs is 1. The molecule has 0 spiro atoms. The van der Waals surface area contributed by atoms with Crippen molar-refractivity contribution < 1.29 is 17.9 Å². The van der Waals surface area contributed by atoms with E-state index in [-0.39, 0.29) is 29.9 Å². The fourth-order valence-electron chi connectivity index (χ4n) is 4.57. The molecule has 0 N–H and O–H groups in total. The van der Waals surface area contributed by atoms with Gasteiger partial charge in [0.1, 0.15) is 0 Å². The van der Waals surface area contributed by atoms with Gasteiger partial charge in [0.25, 0.3) is 0 Å². The molecule has 0 saturated heterocycles. The second-order valence-electron chi connectivity index (χ2n) is 8.60. The molecule has 2 heterocycles. The van der Waals surface area contributed by atoms with Gasteiger partial charge in [-0.05, 0) is 67.0 Å². The molecule has 1 aliphatic rings. The van der Waals surface area contributed by atoms with Gasteiger partial charge >= 0.3 is 0 Å². The number of ether oxygens (including phenoxy) is 1. The Kier molecular flexibility index (Phi) is 8.38. The van der Waals surface area contributed by atoms with Gasteiger partial charge in [-0.2, -0.15) is 4.31 Å². The molecule has 8 heteroatoms. The molecule has 2 aromatic carbocycles. The van der Waals surface area contributed by atoms with Crippen LogP contribution in [-0.2, 0) is 26.0 Å². The number of sulfonamides is 1. The van der Waals surface area contributed by atoms with Crippen molar-refractivity contribution in [1.29, 1.82) is 0 Å². The molecule has 6 nitrogen and oxygen atoms in total. The molecule has 3 aromatic rings. The molecule has 0 saturated carbocycles. The van der Waals surface area contributed by atoms with Gasteiger partial charge in [-0.15, -0.1) is 11.3 Å². The van der Waals surface area contributed by atoms with Crippen LogP contribution in [0.5, 0.6) is 0 Å². The maximum Gasteiger partial charge on any atom is 0.243 e. The Morgan fingerprint density at radius 2 is 1.83 bits per heavy atom. The van der Waals surface area contributed by atoms with E-state index in [4.69, 9.17) is 4.74 Å². The number of nitrogens with zero attached hydrogens (tertiary/aromatic N) is 2. The van der Waals surface area contributed by atoms with Crippen molar-refractivity contribution >= 4 is 27.3 Å². The van der Waals surface area contributed by atoms with Crippen LogP contribution in [0.1, 0.15) is 41.0 Å². The summed E-state index contributed by atoms with van der Waals surface area (Å²) in [6, 6.07) is 18.3. The SMILES string of the molecule is CCOCCCN(CC(=O)N1CCc2sccc2C1c1ccccc1C)S(=O)(=O)c1ccccc1. The average molecular weight is 513 g/mol. The average Bonchev–Trinajstić information content (AvgIpc) is 3.35. The van der Waals surface area contributed by atoms with Crippen LogP contribution in [0, 0.1) is 6.92 Å². The summed E-state index contributed by atoms with van der Waals surface area (Å²) in [5.41, 5.74) is 3.33. The van der Waals surface area contributed by atoms with Crippen LogP contribution in [0.3, 0.4) is 0 Å². The van der Waals surface area contributed by atoms with Gasteiger partial charge < -0.3 is 9.64 Å². The van der Waals surface area contributed by atoms with Gasteiger partial charge in [-0.3, -0.25) is 4.79 Å². The summed E-state index contributed by atoms with van der Waals surface area (Å²) < 4.78 is 33.7. The first-order valence-corrected chi connectivity index (χ1v) is 14.3. The molecular formula is C27H32N2O4S2. The van der Waals surface area contributed by atoms with Gasteiger partial charge in [0.05, 0.1) is 17.5 Å². The number of rotatable bonds is 10. The first-order valence-electron chi connectivity index (χ1n) is 12.0. The molecule has 35 heavy (non-hydrogen) atoms. The number of carbonyl (C=O) groups is 1. The zero-order valence-corrected chi connectivity index (χ0v) is 21.9. The maximum atomic E-state index is 13.8. The third kappa shape index (κ3) is 5.67. The second kappa shape index (κ2) is 11.5. The number of benzene rings is 2. The van der Waals surface area contributed by atoms with Crippen molar-refractivity contribution in [2.75, 3.05) is 32.8 Å². The largest absolute Gasteiger partial charge is 0.382 e. The van der Waals surface area contributed by atoms with Crippen molar-refractivity contribution in [1.82, 2.24) is 9.21 Å². The molecule has 1 atom stereocenters. The Morgan fingerprint density at radius 1 is 1.09 bits per heavy atom. The molecule has 0 aliphatic carbocycles. The van der Waals surface area contributed by atoms with E-state index in [1.165, 1.54) is 9.18 Å². The second-order valence-corrected chi connectivity index (χ2v) is 11.5. The zero-order chi connectivity index (χ0) is 24.8. The van der Waals surface area contributed by atoms with E-state index in [0.717, 1.165) is 23.1 Å². The molecule has 1 unspecified atom stereocenters. The van der Waals surface area contributed by atoms with Crippen LogP contribution in [0.2, 0.25) is 0 Å². The molecule has 0 radical (unpaired) electrons. The maximum absolute atomic E-state index is 13.8. The minimum Gasteiger partial charge on any atom is -0.382 e. The third-order valence-corrected chi connectivity index (χ3v) is 9.22. The highest BCUT2D eigenvalue weighted by Crippen LogP contribution is 2.39. The van der Waals surface area contributed by atoms with Crippen LogP contribution in [-0.4, -0.2) is 56.4 Å². The number of amides is 1. The van der Waals surface area contributed by atoms with E-state index in [2.05, 4.69) is 30.5 Å². The number of carbonyl (C=O) groups excluding carboxylic acids is 1. The predicted molar refractivity (Wildman–Crippen MR) is 139 cm³/mol. The van der Waals surface area contributed by atoms with Gasteiger partial charge in [-0.25, -0.2) is 8.42 Å². The van der Waals surface area contributed by atoms with Gasteiger partial charge in [0.15, 0.2) is 0 Å². The highest BCUT2D eigenvalue weighted by Gasteiger charge is 2.36. The van der Waals surface area contributed by atoms with Crippen LogP contribution in [0.4, 0.5) is 0 Å². The number of hydrogen-bond donors (Lipinski definition) is 0. The fraction of sp³-hybridized carbons (Fsp3) is 0.370. The number of thiophene rings is 1. The Labute approximate surface area is 212 Å². The van der Waals surface area contributed by atoms with Crippen LogP contribution in [0.15, 0.2) is 70.9 Å². The van der Waals surface area contributed by atoms with Crippen molar-refractivity contribution in [2.24, 2.45) is 0 Å². The quantitative estimate of drug-likeness (QED) is 0.371. The Morgan fingerprint density at radius 3 is 2.57 bits per heavy atom. The van der Waals surface area contributed by atoms with E-state index < -0.39 is 10.0 Å². The molecule has 1 aromatic heterocycles. The predicted octanol–water partition coefficient (Wildman–Crippen LogP) is 4.65. The van der Waals surface area contributed by atoms with E-state index >= 15 is 0 Å². The van der Waals surface area contributed by atoms with Crippen molar-refractivity contribution in [3.05, 3.63) is 87.6 Å². The topological polar surface area (TPSA) is 66.9 Å². The lowest BCUT2D eigenvalue weighted by Crippen LogP contribution is -2.47. The lowest BCUT2D eigenvalue weighted by Gasteiger charge is -2.38. The summed E-state index contributed by atoms with van der Waals surface area (Å²) >= 11 is 1.72. The molecule has 4 rings (SSSR count). The minimum absolute atomic E-state index is 0.189. The summed E-state index contributed by atoms with van der Waals surface area (Å²) in [5, 5.41) is 2.07. The van der Waals surface area contributed by atoms with E-state index in [9.17, 15) is 13.2 Å². The van der Waals surface area contributed by atoms with Gasteiger partial charge in [0.2, 0.25) is 15.9 Å².